The summed E-state index contributed by atoms with van der Waals surface area (Å²) in [5.41, 5.74) is 1.46. The Bertz CT molecular complexity index is 704. The summed E-state index contributed by atoms with van der Waals surface area (Å²) >= 11 is 0. The van der Waals surface area contributed by atoms with Crippen LogP contribution in [0.5, 0.6) is 0 Å². The van der Waals surface area contributed by atoms with Gasteiger partial charge in [-0.15, -0.1) is 0 Å². The van der Waals surface area contributed by atoms with Gasteiger partial charge >= 0.3 is 5.97 Å². The van der Waals surface area contributed by atoms with Crippen LogP contribution in [0, 0.1) is 26.6 Å². The summed E-state index contributed by atoms with van der Waals surface area (Å²) in [6.45, 7) is 4.73. The first kappa shape index (κ1) is 15.8. The zero-order chi connectivity index (χ0) is 16.3. The summed E-state index contributed by atoms with van der Waals surface area (Å²) in [6.07, 6.45) is 0. The van der Waals surface area contributed by atoms with Crippen molar-refractivity contribution in [3.63, 3.8) is 0 Å². The van der Waals surface area contributed by atoms with Crippen molar-refractivity contribution in [3.05, 3.63) is 52.7 Å². The molecule has 0 aliphatic carbocycles. The average molecular weight is 305 g/mol. The predicted molar refractivity (Wildman–Crippen MR) is 78.2 cm³/mol. The van der Waals surface area contributed by atoms with E-state index in [1.807, 2.05) is 0 Å². The van der Waals surface area contributed by atoms with Gasteiger partial charge in [0.25, 0.3) is 5.91 Å². The molecule has 1 amide bonds. The molecule has 0 bridgehead atoms. The van der Waals surface area contributed by atoms with Gasteiger partial charge in [0.1, 0.15) is 22.9 Å². The molecule has 2 rings (SSSR count). The smallest absolute Gasteiger partial charge is 0.342 e. The number of furan rings is 1. The normalized spacial score (nSPS) is 10.4. The summed E-state index contributed by atoms with van der Waals surface area (Å²) in [7, 11) is 0. The first-order valence-electron chi connectivity index (χ1n) is 6.67. The number of aryl methyl sites for hydroxylation is 2. The minimum absolute atomic E-state index is 0.340. The number of hydrogen-bond acceptors (Lipinski definition) is 4. The van der Waals surface area contributed by atoms with E-state index in [1.54, 1.807) is 20.8 Å². The molecule has 5 nitrogen and oxygen atoms in total. The highest BCUT2D eigenvalue weighted by molar-refractivity contribution is 5.96. The first-order valence-corrected chi connectivity index (χ1v) is 6.67. The molecule has 0 saturated heterocycles. The minimum Gasteiger partial charge on any atom is -0.465 e. The number of esters is 1. The van der Waals surface area contributed by atoms with Gasteiger partial charge in [0, 0.05) is 11.3 Å². The standard InChI is InChI=1S/C16H16FNO4/c1-9-10(2)22-11(3)15(9)16(20)21-8-14(19)18-13-6-4-12(17)5-7-13/h4-7H,8H2,1-3H3,(H,18,19). The molecule has 1 heterocycles. The van der Waals surface area contributed by atoms with Gasteiger partial charge in [-0.2, -0.15) is 0 Å². The molecule has 6 heteroatoms. The summed E-state index contributed by atoms with van der Waals surface area (Å²) in [5, 5.41) is 2.50. The molecule has 0 aliphatic heterocycles. The highest BCUT2D eigenvalue weighted by Crippen LogP contribution is 2.21. The highest BCUT2D eigenvalue weighted by Gasteiger charge is 2.20. The van der Waals surface area contributed by atoms with Crippen molar-refractivity contribution in [1.29, 1.82) is 0 Å². The number of anilines is 1. The molecule has 1 aromatic heterocycles. The van der Waals surface area contributed by atoms with Gasteiger partial charge in [-0.3, -0.25) is 4.79 Å². The lowest BCUT2D eigenvalue weighted by Gasteiger charge is -2.06. The maximum absolute atomic E-state index is 12.8. The van der Waals surface area contributed by atoms with Crippen LogP contribution in [-0.4, -0.2) is 18.5 Å². The van der Waals surface area contributed by atoms with Crippen LogP contribution in [0.4, 0.5) is 10.1 Å². The second-order valence-corrected chi connectivity index (χ2v) is 4.85. The molecule has 0 spiro atoms. The van der Waals surface area contributed by atoms with E-state index < -0.39 is 24.3 Å². The van der Waals surface area contributed by atoms with Crippen LogP contribution in [0.25, 0.3) is 0 Å². The van der Waals surface area contributed by atoms with Gasteiger partial charge in [-0.25, -0.2) is 9.18 Å². The molecular weight excluding hydrogens is 289 g/mol. The Morgan fingerprint density at radius 2 is 1.77 bits per heavy atom. The number of carbonyl (C=O) groups is 2. The monoisotopic (exact) mass is 305 g/mol. The predicted octanol–water partition coefficient (Wildman–Crippen LogP) is 3.14. The number of amides is 1. The van der Waals surface area contributed by atoms with Gasteiger partial charge in [-0.05, 0) is 45.0 Å². The molecule has 0 aliphatic rings. The number of carbonyl (C=O) groups excluding carboxylic acids is 2. The number of halogens is 1. The first-order chi connectivity index (χ1) is 10.4. The summed E-state index contributed by atoms with van der Waals surface area (Å²) in [6, 6.07) is 5.29. The third-order valence-corrected chi connectivity index (χ3v) is 3.23. The van der Waals surface area contributed by atoms with E-state index in [0.717, 1.165) is 0 Å². The highest BCUT2D eigenvalue weighted by atomic mass is 19.1. The molecule has 1 aromatic carbocycles. The third kappa shape index (κ3) is 3.52. The lowest BCUT2D eigenvalue weighted by Crippen LogP contribution is -2.21. The molecule has 22 heavy (non-hydrogen) atoms. The number of hydrogen-bond donors (Lipinski definition) is 1. The van der Waals surface area contributed by atoms with Crippen molar-refractivity contribution >= 4 is 17.6 Å². The van der Waals surface area contributed by atoms with E-state index in [1.165, 1.54) is 24.3 Å². The van der Waals surface area contributed by atoms with Gasteiger partial charge in [0.2, 0.25) is 0 Å². The van der Waals surface area contributed by atoms with Crippen molar-refractivity contribution in [3.8, 4) is 0 Å². The zero-order valence-corrected chi connectivity index (χ0v) is 12.5. The van der Waals surface area contributed by atoms with Gasteiger partial charge in [0.05, 0.1) is 0 Å². The zero-order valence-electron chi connectivity index (χ0n) is 12.5. The molecule has 0 fully saturated rings. The van der Waals surface area contributed by atoms with Crippen molar-refractivity contribution in [2.24, 2.45) is 0 Å². The van der Waals surface area contributed by atoms with Crippen LogP contribution in [0.3, 0.4) is 0 Å². The van der Waals surface area contributed by atoms with Crippen LogP contribution in [-0.2, 0) is 9.53 Å². The quantitative estimate of drug-likeness (QED) is 0.881. The fourth-order valence-electron chi connectivity index (χ4n) is 2.03. The van der Waals surface area contributed by atoms with Crippen LogP contribution >= 0.6 is 0 Å². The molecule has 0 atom stereocenters. The second kappa shape index (κ2) is 6.43. The van der Waals surface area contributed by atoms with Crippen molar-refractivity contribution < 1.29 is 23.1 Å². The maximum atomic E-state index is 12.8. The lowest BCUT2D eigenvalue weighted by molar-refractivity contribution is -0.119. The Morgan fingerprint density at radius 1 is 1.14 bits per heavy atom. The van der Waals surface area contributed by atoms with E-state index in [9.17, 15) is 14.0 Å². The van der Waals surface area contributed by atoms with Crippen molar-refractivity contribution in [2.45, 2.75) is 20.8 Å². The number of benzene rings is 1. The maximum Gasteiger partial charge on any atom is 0.342 e. The van der Waals surface area contributed by atoms with Crippen LogP contribution in [0.1, 0.15) is 27.4 Å². The SMILES string of the molecule is Cc1oc(C)c(C(=O)OCC(=O)Nc2ccc(F)cc2)c1C. The Morgan fingerprint density at radius 3 is 2.32 bits per heavy atom. The van der Waals surface area contributed by atoms with E-state index in [0.29, 0.717) is 28.3 Å². The average Bonchev–Trinajstić information content (AvgIpc) is 2.72. The number of rotatable bonds is 4. The lowest BCUT2D eigenvalue weighted by atomic mass is 10.1. The van der Waals surface area contributed by atoms with Crippen LogP contribution < -0.4 is 5.32 Å². The molecule has 0 unspecified atom stereocenters. The van der Waals surface area contributed by atoms with Gasteiger partial charge in [0.15, 0.2) is 6.61 Å². The van der Waals surface area contributed by atoms with Crippen LogP contribution in [0.2, 0.25) is 0 Å². The Hall–Kier alpha value is -2.63. The van der Waals surface area contributed by atoms with E-state index in [2.05, 4.69) is 5.32 Å². The van der Waals surface area contributed by atoms with Crippen molar-refractivity contribution in [1.82, 2.24) is 0 Å². The second-order valence-electron chi connectivity index (χ2n) is 4.85. The van der Waals surface area contributed by atoms with E-state index in [4.69, 9.17) is 9.15 Å². The summed E-state index contributed by atoms with van der Waals surface area (Å²) in [4.78, 5) is 23.7. The Kier molecular flexibility index (Phi) is 4.60. The van der Waals surface area contributed by atoms with Crippen molar-refractivity contribution in [2.75, 3.05) is 11.9 Å². The minimum atomic E-state index is -0.610. The largest absolute Gasteiger partial charge is 0.465 e. The van der Waals surface area contributed by atoms with Gasteiger partial charge < -0.3 is 14.5 Å². The molecular formula is C16H16FNO4. The summed E-state index contributed by atoms with van der Waals surface area (Å²) < 4.78 is 23.1. The van der Waals surface area contributed by atoms with E-state index >= 15 is 0 Å². The number of nitrogens with one attached hydrogen (secondary N) is 1. The molecule has 1 N–H and O–H groups in total. The molecule has 0 radical (unpaired) electrons. The fraction of sp³-hybridized carbons (Fsp3) is 0.250. The fourth-order valence-corrected chi connectivity index (χ4v) is 2.03. The van der Waals surface area contributed by atoms with Crippen LogP contribution in [0.15, 0.2) is 28.7 Å². The summed E-state index contributed by atoms with van der Waals surface area (Å²) in [5.74, 6) is -0.415. The molecule has 2 aromatic rings. The topological polar surface area (TPSA) is 68.5 Å². The van der Waals surface area contributed by atoms with E-state index in [-0.39, 0.29) is 0 Å². The Labute approximate surface area is 127 Å². The Balaban J connectivity index is 1.93. The van der Waals surface area contributed by atoms with Gasteiger partial charge in [-0.1, -0.05) is 0 Å². The number of ether oxygens (including phenoxy) is 1. The third-order valence-electron chi connectivity index (χ3n) is 3.23. The molecule has 0 saturated carbocycles. The molecule has 116 valence electrons.